The molecule has 1 amide bonds. The number of hydrogen-bond acceptors (Lipinski definition) is 3. The summed E-state index contributed by atoms with van der Waals surface area (Å²) in [5.74, 6) is 4.93. The molecule has 4 N–H and O–H groups in total. The first-order valence-electron chi connectivity index (χ1n) is 4.87. The van der Waals surface area contributed by atoms with Gasteiger partial charge in [0, 0.05) is 13.1 Å². The molecular formula is C10H15BrN4O. The SMILES string of the molecule is CN1C[NH+](CC(=O)NN)c2ccccc21.[Br-]. The predicted octanol–water partition coefficient (Wildman–Crippen LogP) is -4.40. The maximum atomic E-state index is 11.2. The Kier molecular flexibility index (Phi) is 4.28. The van der Waals surface area contributed by atoms with Gasteiger partial charge < -0.3 is 21.9 Å². The quantitative estimate of drug-likeness (QED) is 0.292. The zero-order valence-electron chi connectivity index (χ0n) is 9.03. The number of para-hydroxylation sites is 2. The monoisotopic (exact) mass is 286 g/mol. The Morgan fingerprint density at radius 3 is 2.94 bits per heavy atom. The molecule has 1 aliphatic rings. The van der Waals surface area contributed by atoms with Crippen molar-refractivity contribution in [1.29, 1.82) is 0 Å². The van der Waals surface area contributed by atoms with Gasteiger partial charge in [0.1, 0.15) is 5.69 Å². The Morgan fingerprint density at radius 1 is 1.56 bits per heavy atom. The number of anilines is 1. The van der Waals surface area contributed by atoms with Crippen LogP contribution in [0, 0.1) is 0 Å². The first-order valence-corrected chi connectivity index (χ1v) is 4.87. The number of carbonyl (C=O) groups is 1. The molecule has 16 heavy (non-hydrogen) atoms. The predicted molar refractivity (Wildman–Crippen MR) is 57.5 cm³/mol. The number of nitrogens with two attached hydrogens (primary N) is 1. The Hall–Kier alpha value is -1.11. The summed E-state index contributed by atoms with van der Waals surface area (Å²) in [6.45, 7) is 1.17. The maximum Gasteiger partial charge on any atom is 0.289 e. The summed E-state index contributed by atoms with van der Waals surface area (Å²) >= 11 is 0. The van der Waals surface area contributed by atoms with E-state index in [0.717, 1.165) is 17.3 Å². The van der Waals surface area contributed by atoms with Crippen LogP contribution in [0.4, 0.5) is 11.4 Å². The van der Waals surface area contributed by atoms with Crippen molar-refractivity contribution >= 4 is 17.3 Å². The second kappa shape index (κ2) is 5.29. The van der Waals surface area contributed by atoms with E-state index in [1.54, 1.807) is 0 Å². The number of hydrogen-bond donors (Lipinski definition) is 3. The normalized spacial score (nSPS) is 17.6. The number of carbonyl (C=O) groups excluding carboxylic acids is 1. The first-order chi connectivity index (χ1) is 7.22. The lowest BCUT2D eigenvalue weighted by Gasteiger charge is -2.12. The minimum Gasteiger partial charge on any atom is -1.00 e. The molecule has 6 heteroatoms. The molecule has 5 nitrogen and oxygen atoms in total. The van der Waals surface area contributed by atoms with Crippen LogP contribution in [0.25, 0.3) is 0 Å². The minimum atomic E-state index is -0.143. The van der Waals surface area contributed by atoms with E-state index in [-0.39, 0.29) is 22.9 Å². The van der Waals surface area contributed by atoms with Crippen LogP contribution in [0.15, 0.2) is 24.3 Å². The Morgan fingerprint density at radius 2 is 2.25 bits per heavy atom. The maximum absolute atomic E-state index is 11.2. The smallest absolute Gasteiger partial charge is 0.289 e. The van der Waals surface area contributed by atoms with Crippen LogP contribution >= 0.6 is 0 Å². The number of nitrogens with one attached hydrogen (secondary N) is 2. The fourth-order valence-corrected chi connectivity index (χ4v) is 1.96. The van der Waals surface area contributed by atoms with E-state index in [1.807, 2.05) is 25.2 Å². The van der Waals surface area contributed by atoms with Gasteiger partial charge >= 0.3 is 0 Å². The second-order valence-electron chi connectivity index (χ2n) is 3.72. The molecule has 0 aliphatic carbocycles. The molecule has 0 bridgehead atoms. The summed E-state index contributed by atoms with van der Waals surface area (Å²) in [5, 5.41) is 0. The van der Waals surface area contributed by atoms with Gasteiger partial charge in [-0.3, -0.25) is 15.1 Å². The van der Waals surface area contributed by atoms with Gasteiger partial charge in [0.05, 0.1) is 0 Å². The first kappa shape index (κ1) is 13.0. The lowest BCUT2D eigenvalue weighted by atomic mass is 10.2. The standard InChI is InChI=1S/C10H14N4O.BrH/c1-13-7-14(6-10(15)12-11)9-5-3-2-4-8(9)13;/h2-5H,6-7,11H2,1H3,(H,12,15);1H. The number of hydrazine groups is 1. The largest absolute Gasteiger partial charge is 1.00 e. The molecule has 0 radical (unpaired) electrons. The molecule has 88 valence electrons. The number of quaternary nitrogens is 1. The van der Waals surface area contributed by atoms with Crippen LogP contribution in [-0.2, 0) is 4.79 Å². The van der Waals surface area contributed by atoms with Gasteiger partial charge in [0.25, 0.3) is 5.91 Å². The summed E-state index contributed by atoms with van der Waals surface area (Å²) in [7, 11) is 2.02. The summed E-state index contributed by atoms with van der Waals surface area (Å²) in [4.78, 5) is 14.5. The molecule has 1 atom stereocenters. The highest BCUT2D eigenvalue weighted by Gasteiger charge is 2.29. The molecule has 2 rings (SSSR count). The molecule has 0 fully saturated rings. The van der Waals surface area contributed by atoms with E-state index in [9.17, 15) is 4.79 Å². The molecular weight excluding hydrogens is 272 g/mol. The number of halogens is 1. The third-order valence-corrected chi connectivity index (χ3v) is 2.66. The molecule has 0 aromatic heterocycles. The van der Waals surface area contributed by atoms with Crippen molar-refractivity contribution in [3.05, 3.63) is 24.3 Å². The number of rotatable bonds is 2. The van der Waals surface area contributed by atoms with Crippen molar-refractivity contribution < 1.29 is 26.7 Å². The molecule has 1 aromatic rings. The molecule has 0 spiro atoms. The van der Waals surface area contributed by atoms with Gasteiger partial charge in [-0.25, -0.2) is 5.84 Å². The van der Waals surface area contributed by atoms with Gasteiger partial charge in [-0.05, 0) is 6.07 Å². The fraction of sp³-hybridized carbons (Fsp3) is 0.300. The van der Waals surface area contributed by atoms with E-state index in [2.05, 4.69) is 16.4 Å². The number of amides is 1. The second-order valence-corrected chi connectivity index (χ2v) is 3.72. The Balaban J connectivity index is 0.00000128. The molecule has 0 saturated heterocycles. The molecule has 1 aliphatic heterocycles. The van der Waals surface area contributed by atoms with Gasteiger partial charge in [0.15, 0.2) is 18.9 Å². The summed E-state index contributed by atoms with van der Waals surface area (Å²) < 4.78 is 0. The van der Waals surface area contributed by atoms with E-state index in [4.69, 9.17) is 5.84 Å². The zero-order valence-corrected chi connectivity index (χ0v) is 10.6. The lowest BCUT2D eigenvalue weighted by molar-refractivity contribution is -0.816. The van der Waals surface area contributed by atoms with E-state index in [1.165, 1.54) is 5.69 Å². The van der Waals surface area contributed by atoms with Crippen LogP contribution in [0.5, 0.6) is 0 Å². The fourth-order valence-electron chi connectivity index (χ4n) is 1.96. The minimum absolute atomic E-state index is 0. The van der Waals surface area contributed by atoms with Crippen LogP contribution in [0.3, 0.4) is 0 Å². The molecule has 1 unspecified atom stereocenters. The van der Waals surface area contributed by atoms with Crippen LogP contribution in [0.2, 0.25) is 0 Å². The van der Waals surface area contributed by atoms with Crippen molar-refractivity contribution in [2.75, 3.05) is 25.2 Å². The van der Waals surface area contributed by atoms with Gasteiger partial charge in [0.2, 0.25) is 0 Å². The highest BCUT2D eigenvalue weighted by molar-refractivity contribution is 5.77. The molecule has 1 aromatic carbocycles. The summed E-state index contributed by atoms with van der Waals surface area (Å²) in [6, 6.07) is 8.08. The molecule has 0 saturated carbocycles. The van der Waals surface area contributed by atoms with E-state index in [0.29, 0.717) is 6.54 Å². The van der Waals surface area contributed by atoms with Crippen LogP contribution in [-0.4, -0.2) is 26.2 Å². The van der Waals surface area contributed by atoms with Crippen LogP contribution in [0.1, 0.15) is 0 Å². The van der Waals surface area contributed by atoms with Crippen molar-refractivity contribution in [3.63, 3.8) is 0 Å². The topological polar surface area (TPSA) is 62.8 Å². The Bertz CT molecular complexity index is 385. The number of nitrogens with zero attached hydrogens (tertiary/aromatic N) is 1. The average Bonchev–Trinajstić information content (AvgIpc) is 2.57. The number of benzene rings is 1. The lowest BCUT2D eigenvalue weighted by Crippen LogP contribution is -3.08. The Labute approximate surface area is 105 Å². The van der Waals surface area contributed by atoms with Crippen molar-refractivity contribution in [2.24, 2.45) is 5.84 Å². The highest BCUT2D eigenvalue weighted by atomic mass is 79.9. The third-order valence-electron chi connectivity index (χ3n) is 2.66. The molecule has 1 heterocycles. The third kappa shape index (κ3) is 2.34. The van der Waals surface area contributed by atoms with Gasteiger partial charge in [-0.15, -0.1) is 0 Å². The summed E-state index contributed by atoms with van der Waals surface area (Å²) in [5.41, 5.74) is 4.49. The zero-order chi connectivity index (χ0) is 10.8. The summed E-state index contributed by atoms with van der Waals surface area (Å²) in [6.07, 6.45) is 0. The van der Waals surface area contributed by atoms with Gasteiger partial charge in [-0.1, -0.05) is 12.1 Å². The van der Waals surface area contributed by atoms with Crippen LogP contribution < -0.4 is 38.0 Å². The van der Waals surface area contributed by atoms with Gasteiger partial charge in [-0.2, -0.15) is 0 Å². The number of fused-ring (bicyclic) bond motifs is 1. The average molecular weight is 287 g/mol. The van der Waals surface area contributed by atoms with E-state index >= 15 is 0 Å². The van der Waals surface area contributed by atoms with Crippen molar-refractivity contribution in [1.82, 2.24) is 5.43 Å². The van der Waals surface area contributed by atoms with Crippen molar-refractivity contribution in [3.8, 4) is 0 Å². The highest BCUT2D eigenvalue weighted by Crippen LogP contribution is 2.23. The van der Waals surface area contributed by atoms with Crippen molar-refractivity contribution in [2.45, 2.75) is 0 Å². The van der Waals surface area contributed by atoms with E-state index < -0.39 is 0 Å².